The van der Waals surface area contributed by atoms with Crippen LogP contribution in [0.4, 0.5) is 5.95 Å². The molecule has 6 heteroatoms. The van der Waals surface area contributed by atoms with Gasteiger partial charge >= 0.3 is 0 Å². The van der Waals surface area contributed by atoms with Gasteiger partial charge in [0.25, 0.3) is 0 Å². The summed E-state index contributed by atoms with van der Waals surface area (Å²) < 4.78 is 2.19. The molecule has 0 unspecified atom stereocenters. The number of rotatable bonds is 6. The minimum atomic E-state index is -0.171. The SMILES string of the molecule is NC1(c2ccc(-n3c(-c4ccccc4)cc4nc(NCCO)ncc43)cc2)CCC1. The quantitative estimate of drug-likeness (QED) is 0.459. The topological polar surface area (TPSA) is 89.0 Å². The van der Waals surface area contributed by atoms with Gasteiger partial charge in [0.05, 0.1) is 29.5 Å². The Bertz CT molecular complexity index is 1160. The number of aliphatic hydroxyl groups excluding tert-OH is 1. The van der Waals surface area contributed by atoms with Gasteiger partial charge in [0, 0.05) is 17.8 Å². The Morgan fingerprint density at radius 2 is 1.83 bits per heavy atom. The maximum Gasteiger partial charge on any atom is 0.223 e. The number of aromatic nitrogens is 3. The van der Waals surface area contributed by atoms with Gasteiger partial charge in [-0.15, -0.1) is 0 Å². The summed E-state index contributed by atoms with van der Waals surface area (Å²) in [6, 6.07) is 20.9. The molecule has 1 aliphatic carbocycles. The first-order valence-corrected chi connectivity index (χ1v) is 10.4. The van der Waals surface area contributed by atoms with E-state index in [2.05, 4.69) is 62.3 Å². The molecule has 5 rings (SSSR count). The molecule has 0 bridgehead atoms. The van der Waals surface area contributed by atoms with E-state index in [0.717, 1.165) is 40.8 Å². The summed E-state index contributed by atoms with van der Waals surface area (Å²) in [5, 5.41) is 12.1. The van der Waals surface area contributed by atoms with E-state index in [1.54, 1.807) is 0 Å². The molecule has 0 amide bonds. The van der Waals surface area contributed by atoms with Crippen molar-refractivity contribution < 1.29 is 5.11 Å². The van der Waals surface area contributed by atoms with Crippen molar-refractivity contribution in [1.82, 2.24) is 14.5 Å². The van der Waals surface area contributed by atoms with E-state index in [9.17, 15) is 0 Å². The zero-order chi connectivity index (χ0) is 20.6. The summed E-state index contributed by atoms with van der Waals surface area (Å²) >= 11 is 0. The Labute approximate surface area is 175 Å². The Kier molecular flexibility index (Phi) is 4.73. The number of nitrogens with one attached hydrogen (secondary N) is 1. The molecule has 0 atom stereocenters. The van der Waals surface area contributed by atoms with E-state index in [4.69, 9.17) is 10.8 Å². The van der Waals surface area contributed by atoms with Crippen molar-refractivity contribution in [3.8, 4) is 16.9 Å². The molecule has 4 aromatic rings. The number of fused-ring (bicyclic) bond motifs is 1. The highest BCUT2D eigenvalue weighted by atomic mass is 16.3. The Morgan fingerprint density at radius 3 is 2.50 bits per heavy atom. The normalized spacial score (nSPS) is 15.1. The van der Waals surface area contributed by atoms with Gasteiger partial charge in [-0.3, -0.25) is 0 Å². The van der Waals surface area contributed by atoms with Crippen LogP contribution in [0.5, 0.6) is 0 Å². The minimum Gasteiger partial charge on any atom is -0.395 e. The molecular formula is C24H25N5O. The molecule has 2 aromatic carbocycles. The third-order valence-corrected chi connectivity index (χ3v) is 5.96. The standard InChI is InChI=1S/C24H25N5O/c25-24(11-4-12-24)18-7-9-19(10-8-18)29-21(17-5-2-1-3-6-17)15-20-22(29)16-27-23(28-20)26-13-14-30/h1-3,5-10,15-16,30H,4,11-14,25H2,(H,26,27,28). The lowest BCUT2D eigenvalue weighted by Crippen LogP contribution is -2.43. The summed E-state index contributed by atoms with van der Waals surface area (Å²) in [4.78, 5) is 9.09. The van der Waals surface area contributed by atoms with Gasteiger partial charge in [0.1, 0.15) is 0 Å². The van der Waals surface area contributed by atoms with Gasteiger partial charge in [-0.25, -0.2) is 9.97 Å². The predicted molar refractivity (Wildman–Crippen MR) is 120 cm³/mol. The summed E-state index contributed by atoms with van der Waals surface area (Å²) in [5.41, 5.74) is 12.5. The van der Waals surface area contributed by atoms with Crippen LogP contribution < -0.4 is 11.1 Å². The van der Waals surface area contributed by atoms with Gasteiger partial charge in [-0.05, 0) is 48.6 Å². The summed E-state index contributed by atoms with van der Waals surface area (Å²) in [5.74, 6) is 0.513. The zero-order valence-electron chi connectivity index (χ0n) is 16.8. The van der Waals surface area contributed by atoms with E-state index in [1.807, 2.05) is 24.4 Å². The first kappa shape index (κ1) is 18.8. The Hall–Kier alpha value is -3.22. The van der Waals surface area contributed by atoms with Crippen LogP contribution in [0.2, 0.25) is 0 Å². The van der Waals surface area contributed by atoms with Gasteiger partial charge in [-0.1, -0.05) is 42.5 Å². The maximum atomic E-state index is 9.06. The highest BCUT2D eigenvalue weighted by molar-refractivity contribution is 5.86. The average molecular weight is 399 g/mol. The zero-order valence-corrected chi connectivity index (χ0v) is 16.8. The van der Waals surface area contributed by atoms with Gasteiger partial charge < -0.3 is 20.7 Å². The van der Waals surface area contributed by atoms with Crippen molar-refractivity contribution in [3.05, 3.63) is 72.4 Å². The molecule has 0 radical (unpaired) electrons. The van der Waals surface area contributed by atoms with Crippen molar-refractivity contribution in [2.45, 2.75) is 24.8 Å². The van der Waals surface area contributed by atoms with Crippen LogP contribution in [-0.4, -0.2) is 32.8 Å². The smallest absolute Gasteiger partial charge is 0.223 e. The van der Waals surface area contributed by atoms with Crippen LogP contribution in [-0.2, 0) is 5.54 Å². The summed E-state index contributed by atoms with van der Waals surface area (Å²) in [7, 11) is 0. The lowest BCUT2D eigenvalue weighted by Gasteiger charge is -2.38. The van der Waals surface area contributed by atoms with Crippen molar-refractivity contribution in [2.75, 3.05) is 18.5 Å². The molecule has 0 saturated heterocycles. The lowest BCUT2D eigenvalue weighted by molar-refractivity contribution is 0.253. The second-order valence-corrected chi connectivity index (χ2v) is 7.90. The van der Waals surface area contributed by atoms with Crippen LogP contribution in [0.25, 0.3) is 28.0 Å². The van der Waals surface area contributed by atoms with Crippen molar-refractivity contribution >= 4 is 17.0 Å². The molecule has 0 spiro atoms. The molecule has 6 nitrogen and oxygen atoms in total. The van der Waals surface area contributed by atoms with E-state index in [0.29, 0.717) is 12.5 Å². The number of nitrogens with two attached hydrogens (primary N) is 1. The van der Waals surface area contributed by atoms with Gasteiger partial charge in [0.15, 0.2) is 0 Å². The Balaban J connectivity index is 1.63. The van der Waals surface area contributed by atoms with Crippen LogP contribution in [0.15, 0.2) is 66.9 Å². The van der Waals surface area contributed by atoms with Crippen LogP contribution in [0.1, 0.15) is 24.8 Å². The van der Waals surface area contributed by atoms with Crippen LogP contribution in [0.3, 0.4) is 0 Å². The molecule has 1 aliphatic rings. The number of anilines is 1. The molecule has 30 heavy (non-hydrogen) atoms. The first-order chi connectivity index (χ1) is 14.7. The third-order valence-electron chi connectivity index (χ3n) is 5.96. The predicted octanol–water partition coefficient (Wildman–Crippen LogP) is 3.83. The van der Waals surface area contributed by atoms with E-state index < -0.39 is 0 Å². The highest BCUT2D eigenvalue weighted by Crippen LogP contribution is 2.39. The second-order valence-electron chi connectivity index (χ2n) is 7.90. The molecule has 1 saturated carbocycles. The molecule has 0 aliphatic heterocycles. The third kappa shape index (κ3) is 3.24. The molecule has 152 valence electrons. The number of aliphatic hydroxyl groups is 1. The fourth-order valence-electron chi connectivity index (χ4n) is 4.13. The number of benzene rings is 2. The summed E-state index contributed by atoms with van der Waals surface area (Å²) in [6.07, 6.45) is 5.12. The number of nitrogens with zero attached hydrogens (tertiary/aromatic N) is 3. The fourth-order valence-corrected chi connectivity index (χ4v) is 4.13. The van der Waals surface area contributed by atoms with Crippen LogP contribution in [0, 0.1) is 0 Å². The number of hydrogen-bond donors (Lipinski definition) is 3. The highest BCUT2D eigenvalue weighted by Gasteiger charge is 2.34. The van der Waals surface area contributed by atoms with E-state index in [-0.39, 0.29) is 12.1 Å². The second kappa shape index (κ2) is 7.55. The maximum absolute atomic E-state index is 9.06. The van der Waals surface area contributed by atoms with Crippen molar-refractivity contribution in [2.24, 2.45) is 5.73 Å². The van der Waals surface area contributed by atoms with Gasteiger partial charge in [-0.2, -0.15) is 0 Å². The molecule has 4 N–H and O–H groups in total. The van der Waals surface area contributed by atoms with Crippen molar-refractivity contribution in [1.29, 1.82) is 0 Å². The Morgan fingerprint density at radius 1 is 1.07 bits per heavy atom. The lowest BCUT2D eigenvalue weighted by atomic mass is 9.73. The van der Waals surface area contributed by atoms with Crippen molar-refractivity contribution in [3.63, 3.8) is 0 Å². The van der Waals surface area contributed by atoms with Crippen LogP contribution >= 0.6 is 0 Å². The molecular weight excluding hydrogens is 374 g/mol. The monoisotopic (exact) mass is 399 g/mol. The minimum absolute atomic E-state index is 0.0344. The first-order valence-electron chi connectivity index (χ1n) is 10.4. The molecule has 2 heterocycles. The summed E-state index contributed by atoms with van der Waals surface area (Å²) in [6.45, 7) is 0.451. The largest absolute Gasteiger partial charge is 0.395 e. The van der Waals surface area contributed by atoms with E-state index >= 15 is 0 Å². The number of hydrogen-bond acceptors (Lipinski definition) is 5. The fraction of sp³-hybridized carbons (Fsp3) is 0.250. The van der Waals surface area contributed by atoms with E-state index in [1.165, 1.54) is 12.0 Å². The molecule has 2 aromatic heterocycles. The van der Waals surface area contributed by atoms with Gasteiger partial charge in [0.2, 0.25) is 5.95 Å². The average Bonchev–Trinajstić information content (AvgIpc) is 3.15. The molecule has 1 fully saturated rings.